The van der Waals surface area contributed by atoms with Gasteiger partial charge in [0, 0.05) is 46.8 Å². The van der Waals surface area contributed by atoms with Gasteiger partial charge in [0.25, 0.3) is 0 Å². The molecule has 2 atom stereocenters. The van der Waals surface area contributed by atoms with E-state index >= 15 is 0 Å². The Kier molecular flexibility index (Phi) is 8.44. The number of nitrogens with two attached hydrogens (primary N) is 1. The molecule has 0 fully saturated rings. The Labute approximate surface area is 230 Å². The number of para-hydroxylation sites is 1. The Bertz CT molecular complexity index is 1400. The number of aryl methyl sites for hydroxylation is 1. The predicted octanol–water partition coefficient (Wildman–Crippen LogP) is 6.73. The third-order valence-electron chi connectivity index (χ3n) is 7.19. The fourth-order valence-corrected chi connectivity index (χ4v) is 5.87. The Morgan fingerprint density at radius 2 is 1.82 bits per heavy atom. The van der Waals surface area contributed by atoms with Gasteiger partial charge in [-0.25, -0.2) is 4.98 Å². The minimum Gasteiger partial charge on any atom is -0.330 e. The summed E-state index contributed by atoms with van der Waals surface area (Å²) >= 11 is 1.20. The fourth-order valence-electron chi connectivity index (χ4n) is 5.25. The number of unbranched alkanes of at least 4 members (excludes halogenated alkanes) is 1. The summed E-state index contributed by atoms with van der Waals surface area (Å²) < 4.78 is 42.6. The van der Waals surface area contributed by atoms with Crippen LogP contribution in [0, 0.1) is 0 Å². The molecule has 2 heterocycles. The zero-order chi connectivity index (χ0) is 27.4. The van der Waals surface area contributed by atoms with Gasteiger partial charge in [-0.2, -0.15) is 17.5 Å². The van der Waals surface area contributed by atoms with Crippen LogP contribution in [0.25, 0.3) is 10.9 Å². The molecule has 5 rings (SSSR count). The first-order valence-corrected chi connectivity index (χ1v) is 14.2. The van der Waals surface area contributed by atoms with Gasteiger partial charge in [0.1, 0.15) is 5.82 Å². The third-order valence-corrected chi connectivity index (χ3v) is 7.86. The van der Waals surface area contributed by atoms with Crippen LogP contribution in [0.4, 0.5) is 24.0 Å². The van der Waals surface area contributed by atoms with Crippen molar-refractivity contribution in [3.8, 4) is 0 Å². The number of nitrogens with one attached hydrogen (secondary N) is 2. The Balaban J connectivity index is 1.06. The van der Waals surface area contributed by atoms with Crippen LogP contribution in [-0.4, -0.2) is 26.9 Å². The van der Waals surface area contributed by atoms with Crippen molar-refractivity contribution in [2.45, 2.75) is 70.1 Å². The van der Waals surface area contributed by atoms with Crippen LogP contribution in [-0.2, 0) is 25.4 Å². The quantitative estimate of drug-likeness (QED) is 0.178. The molecule has 0 spiro atoms. The van der Waals surface area contributed by atoms with Gasteiger partial charge in [0.15, 0.2) is 0 Å². The van der Waals surface area contributed by atoms with E-state index < -0.39 is 11.7 Å². The highest BCUT2D eigenvalue weighted by Gasteiger charge is 2.30. The monoisotopic (exact) mass is 554 g/mol. The van der Waals surface area contributed by atoms with Crippen molar-refractivity contribution in [1.82, 2.24) is 19.7 Å². The summed E-state index contributed by atoms with van der Waals surface area (Å²) in [6.07, 6.45) is 2.57. The molecule has 10 heteroatoms. The summed E-state index contributed by atoms with van der Waals surface area (Å²) in [6.45, 7) is 2.98. The highest BCUT2D eigenvalue weighted by Crippen LogP contribution is 2.35. The summed E-state index contributed by atoms with van der Waals surface area (Å²) in [5, 5.41) is 8.32. The third kappa shape index (κ3) is 6.74. The average molecular weight is 555 g/mol. The van der Waals surface area contributed by atoms with Gasteiger partial charge in [0.2, 0.25) is 5.13 Å². The van der Waals surface area contributed by atoms with Gasteiger partial charge >= 0.3 is 6.18 Å². The van der Waals surface area contributed by atoms with E-state index in [0.717, 1.165) is 62.7 Å². The maximum absolute atomic E-state index is 12.7. The molecule has 0 saturated carbocycles. The molecule has 0 bridgehead atoms. The standard InChI is InChI=1S/C29H33F3N6S/c1-18(17-26-37-28(39-38-26)35-20-14-12-19(13-15-20)29(30,31)32)34-16-5-4-9-23(33)27-21-7-2-3-10-24(21)36-25-11-6-8-22(25)27/h2-3,7,10,12-15,18,23,34H,4-6,8-9,11,16-17,33H2,1H3,(H,35,37,38). The van der Waals surface area contributed by atoms with Crippen molar-refractivity contribution in [2.75, 3.05) is 11.9 Å². The number of hydrogen-bond donors (Lipinski definition) is 3. The second-order valence-electron chi connectivity index (χ2n) is 10.2. The minimum absolute atomic E-state index is 0.0111. The molecule has 2 unspecified atom stereocenters. The normalized spacial score (nSPS) is 14.9. The van der Waals surface area contributed by atoms with Crippen molar-refractivity contribution in [3.05, 3.63) is 76.7 Å². The molecule has 6 nitrogen and oxygen atoms in total. The molecular weight excluding hydrogens is 521 g/mol. The highest BCUT2D eigenvalue weighted by atomic mass is 32.1. The van der Waals surface area contributed by atoms with Gasteiger partial charge in [-0.1, -0.05) is 24.6 Å². The number of alkyl halides is 3. The van der Waals surface area contributed by atoms with Crippen molar-refractivity contribution in [3.63, 3.8) is 0 Å². The van der Waals surface area contributed by atoms with E-state index in [1.807, 2.05) is 6.07 Å². The van der Waals surface area contributed by atoms with Gasteiger partial charge in [0.05, 0.1) is 11.1 Å². The van der Waals surface area contributed by atoms with E-state index in [-0.39, 0.29) is 12.1 Å². The number of nitrogens with zero attached hydrogens (tertiary/aromatic N) is 3. The lowest BCUT2D eigenvalue weighted by Gasteiger charge is -2.19. The largest absolute Gasteiger partial charge is 0.416 e. The summed E-state index contributed by atoms with van der Waals surface area (Å²) in [6, 6.07) is 13.4. The zero-order valence-corrected chi connectivity index (χ0v) is 22.7. The van der Waals surface area contributed by atoms with Crippen LogP contribution < -0.4 is 16.4 Å². The fraction of sp³-hybridized carbons (Fsp3) is 0.414. The molecule has 4 aromatic rings. The molecule has 0 radical (unpaired) electrons. The topological polar surface area (TPSA) is 88.8 Å². The smallest absolute Gasteiger partial charge is 0.330 e. The number of fused-ring (bicyclic) bond motifs is 2. The molecule has 206 valence electrons. The van der Waals surface area contributed by atoms with Crippen LogP contribution in [0.2, 0.25) is 0 Å². The maximum atomic E-state index is 12.7. The predicted molar refractivity (Wildman–Crippen MR) is 150 cm³/mol. The van der Waals surface area contributed by atoms with Gasteiger partial charge in [-0.15, -0.1) is 0 Å². The number of anilines is 2. The zero-order valence-electron chi connectivity index (χ0n) is 21.9. The SMILES string of the molecule is CC(Cc1nsc(Nc2ccc(C(F)(F)F)cc2)n1)NCCCCC(N)c1c2c(nc3ccccc13)CCC2. The maximum Gasteiger partial charge on any atom is 0.416 e. The lowest BCUT2D eigenvalue weighted by atomic mass is 9.92. The van der Waals surface area contributed by atoms with Crippen LogP contribution >= 0.6 is 11.5 Å². The number of hydrogen-bond acceptors (Lipinski definition) is 7. The molecule has 39 heavy (non-hydrogen) atoms. The molecule has 1 aliphatic rings. The lowest BCUT2D eigenvalue weighted by molar-refractivity contribution is -0.137. The van der Waals surface area contributed by atoms with E-state index in [4.69, 9.17) is 10.7 Å². The number of rotatable bonds is 11. The van der Waals surface area contributed by atoms with Crippen LogP contribution in [0.15, 0.2) is 48.5 Å². The van der Waals surface area contributed by atoms with Crippen LogP contribution in [0.5, 0.6) is 0 Å². The number of aromatic nitrogens is 3. The second-order valence-corrected chi connectivity index (χ2v) is 11.0. The molecule has 2 aromatic heterocycles. The van der Waals surface area contributed by atoms with Gasteiger partial charge < -0.3 is 16.4 Å². The Morgan fingerprint density at radius 3 is 2.62 bits per heavy atom. The molecule has 1 aliphatic carbocycles. The summed E-state index contributed by atoms with van der Waals surface area (Å²) in [7, 11) is 0. The molecule has 0 saturated heterocycles. The average Bonchev–Trinajstić information content (AvgIpc) is 3.55. The van der Waals surface area contributed by atoms with Gasteiger partial charge in [-0.3, -0.25) is 4.98 Å². The van der Waals surface area contributed by atoms with Gasteiger partial charge in [-0.05, 0) is 87.0 Å². The van der Waals surface area contributed by atoms with E-state index in [0.29, 0.717) is 23.1 Å². The lowest BCUT2D eigenvalue weighted by Crippen LogP contribution is -2.29. The summed E-state index contributed by atoms with van der Waals surface area (Å²) in [4.78, 5) is 9.36. The number of benzene rings is 2. The van der Waals surface area contributed by atoms with Crippen LogP contribution in [0.3, 0.4) is 0 Å². The molecule has 2 aromatic carbocycles. The molecule has 0 amide bonds. The number of pyridine rings is 1. The van der Waals surface area contributed by atoms with Crippen molar-refractivity contribution < 1.29 is 13.2 Å². The summed E-state index contributed by atoms with van der Waals surface area (Å²) in [5.41, 5.74) is 11.5. The van der Waals surface area contributed by atoms with Crippen molar-refractivity contribution in [1.29, 1.82) is 0 Å². The molecular formula is C29H33F3N6S. The van der Waals surface area contributed by atoms with E-state index in [1.54, 1.807) is 0 Å². The second kappa shape index (κ2) is 12.0. The van der Waals surface area contributed by atoms with Crippen molar-refractivity contribution in [2.24, 2.45) is 5.73 Å². The highest BCUT2D eigenvalue weighted by molar-refractivity contribution is 7.09. The summed E-state index contributed by atoms with van der Waals surface area (Å²) in [5.74, 6) is 0.704. The van der Waals surface area contributed by atoms with E-state index in [1.165, 1.54) is 45.9 Å². The first-order chi connectivity index (χ1) is 18.8. The number of halogens is 3. The molecule has 0 aliphatic heterocycles. The first-order valence-electron chi connectivity index (χ1n) is 13.4. The first kappa shape index (κ1) is 27.5. The Hall–Kier alpha value is -3.08. The Morgan fingerprint density at radius 1 is 1.03 bits per heavy atom. The van der Waals surface area contributed by atoms with Crippen LogP contribution in [0.1, 0.15) is 66.9 Å². The molecule has 4 N–H and O–H groups in total. The minimum atomic E-state index is -4.35. The van der Waals surface area contributed by atoms with E-state index in [9.17, 15) is 13.2 Å². The van der Waals surface area contributed by atoms with E-state index in [2.05, 4.69) is 45.1 Å². The van der Waals surface area contributed by atoms with Crippen molar-refractivity contribution >= 4 is 33.3 Å².